The van der Waals surface area contributed by atoms with Crippen molar-refractivity contribution in [3.63, 3.8) is 0 Å². The van der Waals surface area contributed by atoms with Gasteiger partial charge in [0.2, 0.25) is 5.95 Å². The normalized spacial score (nSPS) is 10.3. The molecule has 0 saturated carbocycles. The molecule has 0 aliphatic rings. The third-order valence-corrected chi connectivity index (χ3v) is 4.12. The van der Waals surface area contributed by atoms with E-state index in [1.54, 1.807) is 19.4 Å². The van der Waals surface area contributed by atoms with Gasteiger partial charge < -0.3 is 15.4 Å². The number of rotatable bonds is 7. The Hall–Kier alpha value is -3.12. The summed E-state index contributed by atoms with van der Waals surface area (Å²) >= 11 is 5.88. The van der Waals surface area contributed by atoms with Gasteiger partial charge >= 0.3 is 0 Å². The van der Waals surface area contributed by atoms with Crippen molar-refractivity contribution in [2.24, 2.45) is 0 Å². The standard InChI is InChI=1S/C20H19ClN4O2/c1-27-17-8-4-15(5-9-17)12-23-19(26)18-10-11-22-20(25-18)24-13-14-2-6-16(21)7-3-14/h2-11H,12-13H2,1H3,(H,23,26)(H,22,24,25). The summed E-state index contributed by atoms with van der Waals surface area (Å²) in [5.74, 6) is 0.905. The number of benzene rings is 2. The van der Waals surface area contributed by atoms with Gasteiger partial charge in [0.1, 0.15) is 11.4 Å². The lowest BCUT2D eigenvalue weighted by atomic mass is 10.2. The highest BCUT2D eigenvalue weighted by Crippen LogP contribution is 2.12. The third-order valence-electron chi connectivity index (χ3n) is 3.86. The quantitative estimate of drug-likeness (QED) is 0.651. The molecule has 0 bridgehead atoms. The number of amides is 1. The summed E-state index contributed by atoms with van der Waals surface area (Å²) in [6.45, 7) is 0.939. The number of carbonyl (C=O) groups excluding carboxylic acids is 1. The van der Waals surface area contributed by atoms with E-state index in [2.05, 4.69) is 20.6 Å². The Labute approximate surface area is 162 Å². The summed E-state index contributed by atoms with van der Waals surface area (Å²) in [6.07, 6.45) is 1.56. The van der Waals surface area contributed by atoms with Crippen molar-refractivity contribution in [1.82, 2.24) is 15.3 Å². The second-order valence-electron chi connectivity index (χ2n) is 5.78. The first kappa shape index (κ1) is 18.7. The zero-order valence-corrected chi connectivity index (χ0v) is 15.5. The summed E-state index contributed by atoms with van der Waals surface area (Å²) in [6, 6.07) is 16.6. The Bertz CT molecular complexity index is 899. The maximum atomic E-state index is 12.3. The van der Waals surface area contributed by atoms with Crippen molar-refractivity contribution in [2.75, 3.05) is 12.4 Å². The molecule has 1 aromatic heterocycles. The van der Waals surface area contributed by atoms with Crippen LogP contribution in [0.3, 0.4) is 0 Å². The first-order valence-corrected chi connectivity index (χ1v) is 8.74. The largest absolute Gasteiger partial charge is 0.497 e. The molecule has 0 aliphatic heterocycles. The summed E-state index contributed by atoms with van der Waals surface area (Å²) < 4.78 is 5.12. The summed E-state index contributed by atoms with van der Waals surface area (Å²) in [5.41, 5.74) is 2.31. The Balaban J connectivity index is 1.56. The van der Waals surface area contributed by atoms with Crippen LogP contribution in [0.15, 0.2) is 60.8 Å². The van der Waals surface area contributed by atoms with Crippen LogP contribution in [0.1, 0.15) is 21.6 Å². The van der Waals surface area contributed by atoms with Gasteiger partial charge in [-0.25, -0.2) is 9.97 Å². The molecule has 0 aliphatic carbocycles. The van der Waals surface area contributed by atoms with Crippen molar-refractivity contribution in [3.05, 3.63) is 82.6 Å². The van der Waals surface area contributed by atoms with Gasteiger partial charge in [-0.05, 0) is 41.5 Å². The summed E-state index contributed by atoms with van der Waals surface area (Å²) in [7, 11) is 1.62. The van der Waals surface area contributed by atoms with Crippen LogP contribution in [0.2, 0.25) is 5.02 Å². The lowest BCUT2D eigenvalue weighted by Gasteiger charge is -2.08. The maximum Gasteiger partial charge on any atom is 0.270 e. The van der Waals surface area contributed by atoms with E-state index in [0.717, 1.165) is 16.9 Å². The fourth-order valence-corrected chi connectivity index (χ4v) is 2.50. The number of anilines is 1. The molecule has 6 nitrogen and oxygen atoms in total. The Morgan fingerprint density at radius 3 is 2.37 bits per heavy atom. The minimum absolute atomic E-state index is 0.261. The Morgan fingerprint density at radius 1 is 1.00 bits per heavy atom. The zero-order chi connectivity index (χ0) is 19.1. The van der Waals surface area contributed by atoms with Gasteiger partial charge in [0.05, 0.1) is 7.11 Å². The van der Waals surface area contributed by atoms with Gasteiger partial charge in [-0.1, -0.05) is 35.9 Å². The molecule has 7 heteroatoms. The van der Waals surface area contributed by atoms with Crippen molar-refractivity contribution < 1.29 is 9.53 Å². The second kappa shape index (κ2) is 9.00. The highest BCUT2D eigenvalue weighted by atomic mass is 35.5. The van der Waals surface area contributed by atoms with Crippen molar-refractivity contribution in [3.8, 4) is 5.75 Å². The average molecular weight is 383 g/mol. The molecule has 3 aromatic rings. The van der Waals surface area contributed by atoms with Gasteiger partial charge in [-0.15, -0.1) is 0 Å². The first-order valence-electron chi connectivity index (χ1n) is 8.36. The van der Waals surface area contributed by atoms with Gasteiger partial charge in [0, 0.05) is 24.3 Å². The highest BCUT2D eigenvalue weighted by Gasteiger charge is 2.09. The van der Waals surface area contributed by atoms with E-state index in [-0.39, 0.29) is 5.91 Å². The highest BCUT2D eigenvalue weighted by molar-refractivity contribution is 6.30. The molecule has 0 unspecified atom stereocenters. The molecule has 1 amide bonds. The smallest absolute Gasteiger partial charge is 0.270 e. The minimum Gasteiger partial charge on any atom is -0.497 e. The van der Waals surface area contributed by atoms with E-state index in [1.165, 1.54) is 0 Å². The van der Waals surface area contributed by atoms with Crippen LogP contribution in [0, 0.1) is 0 Å². The SMILES string of the molecule is COc1ccc(CNC(=O)c2ccnc(NCc3ccc(Cl)cc3)n2)cc1. The molecule has 138 valence electrons. The fraction of sp³-hybridized carbons (Fsp3) is 0.150. The monoisotopic (exact) mass is 382 g/mol. The van der Waals surface area contributed by atoms with Crippen LogP contribution < -0.4 is 15.4 Å². The van der Waals surface area contributed by atoms with Crippen molar-refractivity contribution >= 4 is 23.5 Å². The van der Waals surface area contributed by atoms with Gasteiger partial charge in [0.25, 0.3) is 5.91 Å². The average Bonchev–Trinajstić information content (AvgIpc) is 2.72. The number of ether oxygens (including phenoxy) is 1. The van der Waals surface area contributed by atoms with E-state index in [4.69, 9.17) is 16.3 Å². The molecule has 0 radical (unpaired) electrons. The van der Waals surface area contributed by atoms with E-state index in [9.17, 15) is 4.79 Å². The van der Waals surface area contributed by atoms with Crippen LogP contribution in [-0.4, -0.2) is 23.0 Å². The fourth-order valence-electron chi connectivity index (χ4n) is 2.37. The predicted octanol–water partition coefficient (Wildman–Crippen LogP) is 3.68. The van der Waals surface area contributed by atoms with E-state index >= 15 is 0 Å². The Morgan fingerprint density at radius 2 is 1.67 bits per heavy atom. The van der Waals surface area contributed by atoms with Crippen molar-refractivity contribution in [2.45, 2.75) is 13.1 Å². The van der Waals surface area contributed by atoms with Crippen LogP contribution in [0.25, 0.3) is 0 Å². The lowest BCUT2D eigenvalue weighted by molar-refractivity contribution is 0.0946. The van der Waals surface area contributed by atoms with Gasteiger partial charge in [0.15, 0.2) is 0 Å². The number of nitrogens with zero attached hydrogens (tertiary/aromatic N) is 2. The molecule has 0 saturated heterocycles. The number of hydrogen-bond acceptors (Lipinski definition) is 5. The summed E-state index contributed by atoms with van der Waals surface area (Å²) in [4.78, 5) is 20.8. The topological polar surface area (TPSA) is 76.1 Å². The summed E-state index contributed by atoms with van der Waals surface area (Å²) in [5, 5.41) is 6.64. The number of carbonyl (C=O) groups is 1. The minimum atomic E-state index is -0.261. The van der Waals surface area contributed by atoms with Crippen LogP contribution in [-0.2, 0) is 13.1 Å². The van der Waals surface area contributed by atoms with Gasteiger partial charge in [-0.3, -0.25) is 4.79 Å². The number of hydrogen-bond donors (Lipinski definition) is 2. The van der Waals surface area contributed by atoms with Crippen LogP contribution >= 0.6 is 11.6 Å². The molecular formula is C20H19ClN4O2. The van der Waals surface area contributed by atoms with E-state index < -0.39 is 0 Å². The number of aromatic nitrogens is 2. The van der Waals surface area contributed by atoms with Crippen molar-refractivity contribution in [1.29, 1.82) is 0 Å². The lowest BCUT2D eigenvalue weighted by Crippen LogP contribution is -2.24. The number of nitrogens with one attached hydrogen (secondary N) is 2. The van der Waals surface area contributed by atoms with Gasteiger partial charge in [-0.2, -0.15) is 0 Å². The third kappa shape index (κ3) is 5.43. The molecule has 1 heterocycles. The molecule has 0 fully saturated rings. The molecule has 27 heavy (non-hydrogen) atoms. The Kier molecular flexibility index (Phi) is 6.22. The van der Waals surface area contributed by atoms with Crippen LogP contribution in [0.5, 0.6) is 5.75 Å². The molecule has 0 spiro atoms. The molecule has 2 aromatic carbocycles. The van der Waals surface area contributed by atoms with Crippen LogP contribution in [0.4, 0.5) is 5.95 Å². The molecule has 0 atom stereocenters. The molecule has 3 rings (SSSR count). The predicted molar refractivity (Wildman–Crippen MR) is 105 cm³/mol. The number of methoxy groups -OCH3 is 1. The van der Waals surface area contributed by atoms with E-state index in [1.807, 2.05) is 48.5 Å². The molecule has 2 N–H and O–H groups in total. The maximum absolute atomic E-state index is 12.3. The van der Waals surface area contributed by atoms with E-state index in [0.29, 0.717) is 29.8 Å². The zero-order valence-electron chi connectivity index (χ0n) is 14.8. The first-order chi connectivity index (χ1) is 13.1. The number of halogens is 1. The molecular weight excluding hydrogens is 364 g/mol. The second-order valence-corrected chi connectivity index (χ2v) is 6.21.